The van der Waals surface area contributed by atoms with Gasteiger partial charge in [0.05, 0.1) is 30.6 Å². The maximum Gasteiger partial charge on any atom is 0.354 e. The van der Waals surface area contributed by atoms with Crippen molar-refractivity contribution in [2.24, 2.45) is 7.05 Å². The minimum atomic E-state index is -0.457. The molecule has 4 heterocycles. The largest absolute Gasteiger partial charge is 0.493 e. The predicted octanol–water partition coefficient (Wildman–Crippen LogP) is 8.78. The fourth-order valence-electron chi connectivity index (χ4n) is 6.77. The average Bonchev–Trinajstić information content (AvgIpc) is 3.74. The first kappa shape index (κ1) is 32.3. The molecule has 3 aromatic heterocycles. The number of halogens is 1. The third kappa shape index (κ3) is 5.87. The third-order valence-electron chi connectivity index (χ3n) is 8.91. The molecule has 1 N–H and O–H groups in total. The van der Waals surface area contributed by atoms with E-state index in [0.29, 0.717) is 47.7 Å². The first-order valence-electron chi connectivity index (χ1n) is 16.1. The minimum Gasteiger partial charge on any atom is -0.493 e. The standard InChI is InChI=1S/C37H38FN5O3S2/c1-21(2)43-25-16-24(41-43)18-47-20-31-33(22(3)39-40-31)34-30(38)13-12-29-28(36(37(44)45-5)42(4)35(29)34)11-8-14-46-32-17-26(48-19-25)15-23-9-6-7-10-27(23)32/h6-7,9-10,12-13,15-17,21H,8,11,14,18-20H2,1-5H3,(H,39,40). The summed E-state index contributed by atoms with van der Waals surface area (Å²) in [6.07, 6.45) is 1.19. The summed E-state index contributed by atoms with van der Waals surface area (Å²) >= 11 is 3.47. The summed E-state index contributed by atoms with van der Waals surface area (Å²) in [5.74, 6) is 2.02. The number of aromatic nitrogens is 5. The van der Waals surface area contributed by atoms with Gasteiger partial charge >= 0.3 is 5.97 Å². The van der Waals surface area contributed by atoms with Gasteiger partial charge in [0.15, 0.2) is 0 Å². The summed E-state index contributed by atoms with van der Waals surface area (Å²) in [6, 6.07) is 18.3. The molecule has 0 fully saturated rings. The molecule has 48 heavy (non-hydrogen) atoms. The highest BCUT2D eigenvalue weighted by Gasteiger charge is 2.28. The van der Waals surface area contributed by atoms with Gasteiger partial charge in [0, 0.05) is 68.5 Å². The van der Waals surface area contributed by atoms with Crippen molar-refractivity contribution in [3.05, 3.63) is 94.4 Å². The number of H-pyrrole nitrogens is 1. The first-order chi connectivity index (χ1) is 23.2. The number of esters is 1. The second-order valence-electron chi connectivity index (χ2n) is 12.4. The highest BCUT2D eigenvalue weighted by atomic mass is 32.2. The number of aryl methyl sites for hydroxylation is 3. The quantitative estimate of drug-likeness (QED) is 0.183. The Balaban J connectivity index is 1.36. The number of nitrogens with zero attached hydrogens (tertiary/aromatic N) is 4. The minimum absolute atomic E-state index is 0.217. The van der Waals surface area contributed by atoms with Gasteiger partial charge < -0.3 is 14.0 Å². The average molecular weight is 684 g/mol. The van der Waals surface area contributed by atoms with Crippen molar-refractivity contribution in [1.82, 2.24) is 24.5 Å². The normalized spacial score (nSPS) is 14.2. The summed E-state index contributed by atoms with van der Waals surface area (Å²) < 4.78 is 31.6. The predicted molar refractivity (Wildman–Crippen MR) is 191 cm³/mol. The van der Waals surface area contributed by atoms with Crippen LogP contribution in [0.25, 0.3) is 32.8 Å². The first-order valence-corrected chi connectivity index (χ1v) is 18.2. The fourth-order valence-corrected chi connectivity index (χ4v) is 8.56. The summed E-state index contributed by atoms with van der Waals surface area (Å²) in [4.78, 5) is 14.4. The molecule has 6 aromatic rings. The van der Waals surface area contributed by atoms with E-state index < -0.39 is 5.97 Å². The molecule has 0 aliphatic carbocycles. The molecule has 0 radical (unpaired) electrons. The summed E-state index contributed by atoms with van der Waals surface area (Å²) in [6.45, 7) is 6.65. The van der Waals surface area contributed by atoms with Crippen molar-refractivity contribution in [3.8, 4) is 16.9 Å². The number of hydrogen-bond donors (Lipinski definition) is 1. The van der Waals surface area contributed by atoms with Crippen molar-refractivity contribution in [3.63, 3.8) is 0 Å². The lowest BCUT2D eigenvalue weighted by Gasteiger charge is -2.14. The van der Waals surface area contributed by atoms with Crippen LogP contribution in [0.15, 0.2) is 59.5 Å². The zero-order valence-corrected chi connectivity index (χ0v) is 29.4. The number of carbonyl (C=O) groups excluding carboxylic acids is 1. The van der Waals surface area contributed by atoms with E-state index in [-0.39, 0.29) is 11.9 Å². The summed E-state index contributed by atoms with van der Waals surface area (Å²) in [7, 11) is 3.18. The Morgan fingerprint density at radius 1 is 1.06 bits per heavy atom. The molecule has 1 aliphatic rings. The summed E-state index contributed by atoms with van der Waals surface area (Å²) in [5.41, 5.74) is 6.72. The molecule has 0 spiro atoms. The Hall–Kier alpha value is -4.22. The highest BCUT2D eigenvalue weighted by Crippen LogP contribution is 2.40. The van der Waals surface area contributed by atoms with Gasteiger partial charge in [0.1, 0.15) is 17.3 Å². The molecule has 7 rings (SSSR count). The molecule has 0 saturated carbocycles. The van der Waals surface area contributed by atoms with Crippen molar-refractivity contribution >= 4 is 51.2 Å². The number of fused-ring (bicyclic) bond motifs is 8. The van der Waals surface area contributed by atoms with Crippen LogP contribution < -0.4 is 4.74 Å². The molecule has 8 bridgehead atoms. The molecule has 0 saturated heterocycles. The second-order valence-corrected chi connectivity index (χ2v) is 14.4. The van der Waals surface area contributed by atoms with E-state index in [1.807, 2.05) is 19.1 Å². The number of thioether (sulfide) groups is 2. The van der Waals surface area contributed by atoms with Crippen LogP contribution in [-0.4, -0.2) is 44.2 Å². The number of aromatic amines is 1. The van der Waals surface area contributed by atoms with Crippen LogP contribution in [0.4, 0.5) is 4.39 Å². The van der Waals surface area contributed by atoms with Crippen LogP contribution >= 0.6 is 23.5 Å². The molecular weight excluding hydrogens is 646 g/mol. The van der Waals surface area contributed by atoms with Crippen molar-refractivity contribution < 1.29 is 18.7 Å². The van der Waals surface area contributed by atoms with Gasteiger partial charge in [-0.25, -0.2) is 9.18 Å². The van der Waals surface area contributed by atoms with Crippen molar-refractivity contribution in [1.29, 1.82) is 0 Å². The van der Waals surface area contributed by atoms with Crippen LogP contribution in [0.2, 0.25) is 0 Å². The summed E-state index contributed by atoms with van der Waals surface area (Å²) in [5, 5.41) is 15.7. The van der Waals surface area contributed by atoms with Crippen molar-refractivity contribution in [2.45, 2.75) is 61.8 Å². The van der Waals surface area contributed by atoms with E-state index in [2.05, 4.69) is 59.1 Å². The van der Waals surface area contributed by atoms with Crippen LogP contribution in [0.3, 0.4) is 0 Å². The zero-order chi connectivity index (χ0) is 33.5. The molecule has 0 unspecified atom stereocenters. The number of nitrogens with one attached hydrogen (secondary N) is 1. The van der Waals surface area contributed by atoms with Crippen LogP contribution in [0.5, 0.6) is 5.75 Å². The molecule has 8 nitrogen and oxygen atoms in total. The van der Waals surface area contributed by atoms with Gasteiger partial charge in [0.25, 0.3) is 0 Å². The number of hydrogen-bond acceptors (Lipinski definition) is 7. The molecule has 0 amide bonds. The van der Waals surface area contributed by atoms with Gasteiger partial charge in [-0.2, -0.15) is 10.2 Å². The van der Waals surface area contributed by atoms with Crippen LogP contribution in [0.1, 0.15) is 65.1 Å². The number of ether oxygens (including phenoxy) is 2. The maximum atomic E-state index is 16.0. The SMILES string of the molecule is COC(=O)c1c2c3ccc(F)c(c3n1C)-c1c(n[nH]c1C)CSCc1cc(n(C(C)C)n1)CSc1cc(c3ccccc3c1)OCCC2. The van der Waals surface area contributed by atoms with Gasteiger partial charge in [-0.3, -0.25) is 9.78 Å². The lowest BCUT2D eigenvalue weighted by molar-refractivity contribution is 0.0589. The Morgan fingerprint density at radius 2 is 1.90 bits per heavy atom. The topological polar surface area (TPSA) is 87.0 Å². The molecular formula is C37H38FN5O3S2. The van der Waals surface area contributed by atoms with Gasteiger partial charge in [-0.1, -0.05) is 24.3 Å². The van der Waals surface area contributed by atoms with E-state index in [0.717, 1.165) is 66.5 Å². The smallest absolute Gasteiger partial charge is 0.354 e. The fraction of sp³-hybridized carbons (Fsp3) is 0.324. The van der Waals surface area contributed by atoms with E-state index in [1.54, 1.807) is 41.2 Å². The lowest BCUT2D eigenvalue weighted by atomic mass is 9.98. The maximum absolute atomic E-state index is 16.0. The van der Waals surface area contributed by atoms with Gasteiger partial charge in [-0.05, 0) is 74.9 Å². The van der Waals surface area contributed by atoms with E-state index in [9.17, 15) is 4.79 Å². The Labute approximate surface area is 287 Å². The zero-order valence-electron chi connectivity index (χ0n) is 27.7. The van der Waals surface area contributed by atoms with Crippen molar-refractivity contribution in [2.75, 3.05) is 13.7 Å². The molecule has 1 aliphatic heterocycles. The second kappa shape index (κ2) is 13.4. The van der Waals surface area contributed by atoms with E-state index >= 15 is 4.39 Å². The lowest BCUT2D eigenvalue weighted by Crippen LogP contribution is -2.11. The van der Waals surface area contributed by atoms with E-state index in [1.165, 1.54) is 13.2 Å². The highest BCUT2D eigenvalue weighted by molar-refractivity contribution is 7.98. The van der Waals surface area contributed by atoms with Crippen LogP contribution in [-0.2, 0) is 35.5 Å². The number of rotatable bonds is 2. The Kier molecular flexibility index (Phi) is 9.00. The molecule has 3 aromatic carbocycles. The monoisotopic (exact) mass is 683 g/mol. The van der Waals surface area contributed by atoms with Crippen LogP contribution in [0, 0.1) is 12.7 Å². The van der Waals surface area contributed by atoms with E-state index in [4.69, 9.17) is 14.6 Å². The van der Waals surface area contributed by atoms with Gasteiger partial charge in [0.2, 0.25) is 0 Å². The number of benzene rings is 3. The Morgan fingerprint density at radius 3 is 2.71 bits per heavy atom. The third-order valence-corrected chi connectivity index (χ3v) is 10.9. The van der Waals surface area contributed by atoms with Gasteiger partial charge in [-0.15, -0.1) is 23.5 Å². The molecule has 248 valence electrons. The number of methoxy groups -OCH3 is 1. The molecule has 11 heteroatoms. The number of carbonyl (C=O) groups is 1. The Bertz CT molecular complexity index is 2170. The molecule has 0 atom stereocenters.